The minimum atomic E-state index is -0.117. The van der Waals surface area contributed by atoms with Crippen LogP contribution in [-0.4, -0.2) is 42.1 Å². The van der Waals surface area contributed by atoms with Crippen molar-refractivity contribution in [1.29, 1.82) is 0 Å². The van der Waals surface area contributed by atoms with E-state index < -0.39 is 0 Å². The van der Waals surface area contributed by atoms with Crippen molar-refractivity contribution in [2.75, 3.05) is 6.54 Å². The van der Waals surface area contributed by atoms with Crippen LogP contribution in [0.5, 0.6) is 5.88 Å². The second-order valence-corrected chi connectivity index (χ2v) is 6.47. The van der Waals surface area contributed by atoms with Gasteiger partial charge in [-0.2, -0.15) is 5.10 Å². The number of rotatable bonds is 4. The van der Waals surface area contributed by atoms with Gasteiger partial charge in [-0.05, 0) is 13.0 Å². The van der Waals surface area contributed by atoms with E-state index in [9.17, 15) is 4.79 Å². The third-order valence-corrected chi connectivity index (χ3v) is 4.61. The van der Waals surface area contributed by atoms with Gasteiger partial charge in [-0.1, -0.05) is 6.07 Å². The zero-order valence-corrected chi connectivity index (χ0v) is 15.3. The molecule has 0 saturated carbocycles. The van der Waals surface area contributed by atoms with Gasteiger partial charge >= 0.3 is 0 Å². The molecule has 1 aliphatic heterocycles. The number of nitrogens with zero attached hydrogens (tertiary/aromatic N) is 6. The molecule has 0 bridgehead atoms. The summed E-state index contributed by atoms with van der Waals surface area (Å²) in [6, 6.07) is 5.52. The maximum absolute atomic E-state index is 12.8. The molecule has 0 unspecified atom stereocenters. The second-order valence-electron chi connectivity index (χ2n) is 6.47. The lowest BCUT2D eigenvalue weighted by Crippen LogP contribution is -2.37. The summed E-state index contributed by atoms with van der Waals surface area (Å²) in [5, 5.41) is 4.58. The van der Waals surface area contributed by atoms with Gasteiger partial charge in [-0.15, -0.1) is 0 Å². The van der Waals surface area contributed by atoms with E-state index in [4.69, 9.17) is 4.74 Å². The summed E-state index contributed by atoms with van der Waals surface area (Å²) >= 11 is 0. The molecule has 4 heterocycles. The van der Waals surface area contributed by atoms with E-state index in [2.05, 4.69) is 20.1 Å². The van der Waals surface area contributed by atoms with Crippen molar-refractivity contribution in [3.8, 4) is 5.88 Å². The van der Waals surface area contributed by atoms with Gasteiger partial charge in [0.2, 0.25) is 5.88 Å². The lowest BCUT2D eigenvalue weighted by atomic mass is 10.0. The van der Waals surface area contributed by atoms with Crippen molar-refractivity contribution in [2.45, 2.75) is 26.5 Å². The summed E-state index contributed by atoms with van der Waals surface area (Å²) in [5.41, 5.74) is 4.14. The first-order valence-electron chi connectivity index (χ1n) is 8.77. The zero-order chi connectivity index (χ0) is 18.8. The molecule has 0 radical (unpaired) electrons. The highest BCUT2D eigenvalue weighted by Gasteiger charge is 2.28. The first kappa shape index (κ1) is 17.1. The smallest absolute Gasteiger partial charge is 0.274 e. The summed E-state index contributed by atoms with van der Waals surface area (Å²) in [5.74, 6) is 0.434. The van der Waals surface area contributed by atoms with E-state index in [1.54, 1.807) is 23.4 Å². The van der Waals surface area contributed by atoms with Crippen LogP contribution in [0.3, 0.4) is 0 Å². The quantitative estimate of drug-likeness (QED) is 0.700. The van der Waals surface area contributed by atoms with Gasteiger partial charge in [0.25, 0.3) is 5.91 Å². The summed E-state index contributed by atoms with van der Waals surface area (Å²) in [6.45, 7) is 3.27. The van der Waals surface area contributed by atoms with Crippen molar-refractivity contribution in [1.82, 2.24) is 29.6 Å². The molecule has 0 atom stereocenters. The van der Waals surface area contributed by atoms with Crippen LogP contribution in [0, 0.1) is 6.92 Å². The van der Waals surface area contributed by atoms with Crippen molar-refractivity contribution >= 4 is 5.91 Å². The molecule has 8 heteroatoms. The van der Waals surface area contributed by atoms with Gasteiger partial charge in [0.15, 0.2) is 0 Å². The van der Waals surface area contributed by atoms with E-state index in [-0.39, 0.29) is 5.91 Å². The summed E-state index contributed by atoms with van der Waals surface area (Å²) in [6.07, 6.45) is 5.57. The highest BCUT2D eigenvalue weighted by atomic mass is 16.5. The predicted molar refractivity (Wildman–Crippen MR) is 97.0 cm³/mol. The Morgan fingerprint density at radius 2 is 2.11 bits per heavy atom. The average molecular weight is 364 g/mol. The minimum absolute atomic E-state index is 0.117. The molecule has 0 spiro atoms. The first-order chi connectivity index (χ1) is 13.1. The number of carbonyl (C=O) groups is 1. The van der Waals surface area contributed by atoms with Crippen LogP contribution in [0.15, 0.2) is 36.8 Å². The lowest BCUT2D eigenvalue weighted by Gasteiger charge is -2.27. The number of aryl methyl sites for hydroxylation is 2. The highest BCUT2D eigenvalue weighted by molar-refractivity contribution is 5.92. The van der Waals surface area contributed by atoms with Crippen molar-refractivity contribution < 1.29 is 9.53 Å². The van der Waals surface area contributed by atoms with Crippen LogP contribution in [0.2, 0.25) is 0 Å². The monoisotopic (exact) mass is 364 g/mol. The Kier molecular flexibility index (Phi) is 4.53. The standard InChI is InChI=1S/C19H20N6O2/c1-13-9-22-15(10-21-13)19(26)25-8-6-17-14(11-25)16(23-24(17)2)12-27-18-5-3-4-7-20-18/h3-5,7,9-10H,6,8,11-12H2,1-2H3. The third kappa shape index (κ3) is 3.51. The number of amides is 1. The molecule has 0 aliphatic carbocycles. The number of hydrogen-bond donors (Lipinski definition) is 0. The van der Waals surface area contributed by atoms with Crippen LogP contribution in [0.25, 0.3) is 0 Å². The van der Waals surface area contributed by atoms with E-state index in [0.29, 0.717) is 31.3 Å². The number of hydrogen-bond acceptors (Lipinski definition) is 6. The highest BCUT2D eigenvalue weighted by Crippen LogP contribution is 2.24. The largest absolute Gasteiger partial charge is 0.471 e. The van der Waals surface area contributed by atoms with Crippen molar-refractivity contribution in [3.63, 3.8) is 0 Å². The lowest BCUT2D eigenvalue weighted by molar-refractivity contribution is 0.0726. The Bertz CT molecular complexity index is 952. The van der Waals surface area contributed by atoms with Crippen molar-refractivity contribution in [3.05, 3.63) is 65.1 Å². The molecular formula is C19H20N6O2. The van der Waals surface area contributed by atoms with E-state index in [0.717, 1.165) is 29.1 Å². The summed E-state index contributed by atoms with van der Waals surface area (Å²) in [4.78, 5) is 27.1. The number of aromatic nitrogens is 5. The summed E-state index contributed by atoms with van der Waals surface area (Å²) < 4.78 is 7.63. The van der Waals surface area contributed by atoms with Crippen molar-refractivity contribution in [2.24, 2.45) is 7.05 Å². The Hall–Kier alpha value is -3.29. The second kappa shape index (κ2) is 7.14. The Balaban J connectivity index is 1.52. The Labute approximate surface area is 156 Å². The third-order valence-electron chi connectivity index (χ3n) is 4.61. The van der Waals surface area contributed by atoms with Crippen LogP contribution >= 0.6 is 0 Å². The Morgan fingerprint density at radius 3 is 2.85 bits per heavy atom. The van der Waals surface area contributed by atoms with Gasteiger partial charge in [0, 0.05) is 56.3 Å². The van der Waals surface area contributed by atoms with Crippen LogP contribution < -0.4 is 4.74 Å². The molecule has 1 aliphatic rings. The number of ether oxygens (including phenoxy) is 1. The predicted octanol–water partition coefficient (Wildman–Crippen LogP) is 1.69. The Morgan fingerprint density at radius 1 is 1.22 bits per heavy atom. The molecule has 0 fully saturated rings. The fourth-order valence-electron chi connectivity index (χ4n) is 3.20. The van der Waals surface area contributed by atoms with Crippen LogP contribution in [0.4, 0.5) is 0 Å². The van der Waals surface area contributed by atoms with Gasteiger partial charge in [0.05, 0.1) is 11.9 Å². The first-order valence-corrected chi connectivity index (χ1v) is 8.77. The maximum Gasteiger partial charge on any atom is 0.274 e. The van der Waals surface area contributed by atoms with Gasteiger partial charge in [-0.3, -0.25) is 14.5 Å². The SMILES string of the molecule is Cc1cnc(C(=O)N2CCc3c(c(COc4ccccn4)nn3C)C2)cn1. The molecule has 0 saturated heterocycles. The van der Waals surface area contributed by atoms with Gasteiger partial charge < -0.3 is 9.64 Å². The maximum atomic E-state index is 12.8. The fraction of sp³-hybridized carbons (Fsp3) is 0.316. The van der Waals surface area contributed by atoms with E-state index >= 15 is 0 Å². The number of carbonyl (C=O) groups excluding carboxylic acids is 1. The molecule has 1 amide bonds. The zero-order valence-electron chi connectivity index (χ0n) is 15.3. The van der Waals surface area contributed by atoms with Crippen LogP contribution in [-0.2, 0) is 26.6 Å². The van der Waals surface area contributed by atoms with E-state index in [1.807, 2.05) is 30.8 Å². The number of pyridine rings is 1. The molecular weight excluding hydrogens is 344 g/mol. The minimum Gasteiger partial charge on any atom is -0.471 e. The van der Waals surface area contributed by atoms with E-state index in [1.165, 1.54) is 6.20 Å². The van der Waals surface area contributed by atoms with Gasteiger partial charge in [-0.25, -0.2) is 9.97 Å². The fourth-order valence-corrected chi connectivity index (χ4v) is 3.20. The van der Waals surface area contributed by atoms with Gasteiger partial charge in [0.1, 0.15) is 18.0 Å². The number of fused-ring (bicyclic) bond motifs is 1. The molecule has 3 aromatic rings. The van der Waals surface area contributed by atoms with Crippen LogP contribution in [0.1, 0.15) is 33.1 Å². The topological polar surface area (TPSA) is 86.0 Å². The molecule has 138 valence electrons. The summed E-state index contributed by atoms with van der Waals surface area (Å²) in [7, 11) is 1.92. The molecule has 0 N–H and O–H groups in total. The molecule has 3 aromatic heterocycles. The molecule has 0 aromatic carbocycles. The molecule has 4 rings (SSSR count). The average Bonchev–Trinajstić information content (AvgIpc) is 3.02. The molecule has 8 nitrogen and oxygen atoms in total. The molecule has 27 heavy (non-hydrogen) atoms. The normalized spacial score (nSPS) is 13.3.